The maximum absolute atomic E-state index is 11.2. The van der Waals surface area contributed by atoms with Gasteiger partial charge in [-0.15, -0.1) is 24.0 Å². The van der Waals surface area contributed by atoms with Crippen molar-refractivity contribution in [1.82, 2.24) is 20.0 Å². The van der Waals surface area contributed by atoms with Gasteiger partial charge in [0.05, 0.1) is 0 Å². The number of hydrogen-bond donors (Lipinski definition) is 2. The number of primary amides is 1. The molecule has 0 aromatic rings. The van der Waals surface area contributed by atoms with Crippen molar-refractivity contribution in [2.75, 3.05) is 60.4 Å². The summed E-state index contributed by atoms with van der Waals surface area (Å²) in [6.07, 6.45) is 2.64. The highest BCUT2D eigenvalue weighted by atomic mass is 127. The van der Waals surface area contributed by atoms with Crippen molar-refractivity contribution in [3.63, 3.8) is 0 Å². The predicted molar refractivity (Wildman–Crippen MR) is 109 cm³/mol. The number of carbonyl (C=O) groups is 1. The van der Waals surface area contributed by atoms with E-state index in [1.54, 1.807) is 0 Å². The molecule has 0 radical (unpaired) electrons. The first-order valence-electron chi connectivity index (χ1n) is 8.62. The third-order valence-corrected chi connectivity index (χ3v) is 5.00. The number of rotatable bonds is 4. The number of guanidine groups is 1. The van der Waals surface area contributed by atoms with Crippen LogP contribution in [0.15, 0.2) is 4.99 Å². The second-order valence-corrected chi connectivity index (χ2v) is 6.95. The lowest BCUT2D eigenvalue weighted by molar-refractivity contribution is -0.119. The first-order chi connectivity index (χ1) is 11.0. The normalized spacial score (nSPS) is 26.8. The third-order valence-electron chi connectivity index (χ3n) is 5.00. The molecule has 140 valence electrons. The molecule has 0 aromatic carbocycles. The SMILES string of the molecule is CN=C(NCC1CN(C)CCN1C)N1CCCC(CC(N)=O)C1.I. The van der Waals surface area contributed by atoms with E-state index in [-0.39, 0.29) is 29.9 Å². The fraction of sp³-hybridized carbons (Fsp3) is 0.875. The molecule has 0 saturated carbocycles. The Hall–Kier alpha value is -0.610. The minimum Gasteiger partial charge on any atom is -0.370 e. The summed E-state index contributed by atoms with van der Waals surface area (Å²) in [6.45, 7) is 6.06. The quantitative estimate of drug-likeness (QED) is 0.357. The van der Waals surface area contributed by atoms with E-state index in [0.29, 0.717) is 18.4 Å². The molecule has 2 aliphatic heterocycles. The number of piperidine rings is 1. The zero-order valence-corrected chi connectivity index (χ0v) is 17.5. The van der Waals surface area contributed by atoms with Crippen LogP contribution < -0.4 is 11.1 Å². The van der Waals surface area contributed by atoms with Crippen molar-refractivity contribution >= 4 is 35.8 Å². The van der Waals surface area contributed by atoms with Crippen LogP contribution in [-0.2, 0) is 4.79 Å². The molecular weight excluding hydrogens is 419 g/mol. The van der Waals surface area contributed by atoms with Crippen molar-refractivity contribution < 1.29 is 4.79 Å². The van der Waals surface area contributed by atoms with Crippen LogP contribution >= 0.6 is 24.0 Å². The van der Waals surface area contributed by atoms with Gasteiger partial charge < -0.3 is 20.9 Å². The van der Waals surface area contributed by atoms with Gasteiger partial charge in [-0.1, -0.05) is 0 Å². The fourth-order valence-corrected chi connectivity index (χ4v) is 3.57. The van der Waals surface area contributed by atoms with E-state index < -0.39 is 0 Å². The van der Waals surface area contributed by atoms with Gasteiger partial charge >= 0.3 is 0 Å². The number of halogens is 1. The second kappa shape index (κ2) is 10.4. The van der Waals surface area contributed by atoms with Crippen molar-refractivity contribution in [1.29, 1.82) is 0 Å². The van der Waals surface area contributed by atoms with E-state index in [2.05, 4.69) is 39.1 Å². The molecule has 2 saturated heterocycles. The van der Waals surface area contributed by atoms with E-state index in [1.807, 2.05) is 7.05 Å². The van der Waals surface area contributed by atoms with Crippen LogP contribution in [0, 0.1) is 5.92 Å². The van der Waals surface area contributed by atoms with Gasteiger partial charge in [0.1, 0.15) is 0 Å². The van der Waals surface area contributed by atoms with Crippen molar-refractivity contribution in [2.24, 2.45) is 16.6 Å². The molecule has 24 heavy (non-hydrogen) atoms. The molecule has 0 spiro atoms. The predicted octanol–water partition coefficient (Wildman–Crippen LogP) is 0.0130. The molecule has 3 N–H and O–H groups in total. The van der Waals surface area contributed by atoms with E-state index in [9.17, 15) is 4.79 Å². The van der Waals surface area contributed by atoms with Crippen molar-refractivity contribution in [3.05, 3.63) is 0 Å². The number of likely N-dealkylation sites (tertiary alicyclic amines) is 1. The molecule has 2 atom stereocenters. The number of nitrogens with one attached hydrogen (secondary N) is 1. The van der Waals surface area contributed by atoms with Crippen LogP contribution in [0.1, 0.15) is 19.3 Å². The van der Waals surface area contributed by atoms with Gasteiger partial charge in [0.15, 0.2) is 5.96 Å². The Bertz CT molecular complexity index is 433. The van der Waals surface area contributed by atoms with Crippen molar-refractivity contribution in [3.8, 4) is 0 Å². The van der Waals surface area contributed by atoms with Gasteiger partial charge in [0, 0.05) is 58.8 Å². The summed E-state index contributed by atoms with van der Waals surface area (Å²) in [7, 11) is 6.19. The third kappa shape index (κ3) is 6.36. The summed E-state index contributed by atoms with van der Waals surface area (Å²) in [5.41, 5.74) is 5.35. The molecule has 8 heteroatoms. The summed E-state index contributed by atoms with van der Waals surface area (Å²) in [4.78, 5) is 22.6. The van der Waals surface area contributed by atoms with Gasteiger partial charge in [0.25, 0.3) is 0 Å². The Labute approximate surface area is 163 Å². The Morgan fingerprint density at radius 2 is 2.00 bits per heavy atom. The fourth-order valence-electron chi connectivity index (χ4n) is 3.57. The molecule has 7 nitrogen and oxygen atoms in total. The lowest BCUT2D eigenvalue weighted by Gasteiger charge is -2.39. The summed E-state index contributed by atoms with van der Waals surface area (Å²) in [6, 6.07) is 0.497. The summed E-state index contributed by atoms with van der Waals surface area (Å²) in [5, 5.41) is 3.53. The molecule has 2 fully saturated rings. The average Bonchev–Trinajstić information content (AvgIpc) is 2.51. The topological polar surface area (TPSA) is 77.2 Å². The highest BCUT2D eigenvalue weighted by Crippen LogP contribution is 2.19. The molecule has 2 heterocycles. The number of hydrogen-bond acceptors (Lipinski definition) is 4. The highest BCUT2D eigenvalue weighted by Gasteiger charge is 2.26. The van der Waals surface area contributed by atoms with Crippen LogP contribution in [0.4, 0.5) is 0 Å². The Morgan fingerprint density at radius 3 is 2.67 bits per heavy atom. The van der Waals surface area contributed by atoms with Crippen LogP contribution in [0.5, 0.6) is 0 Å². The van der Waals surface area contributed by atoms with Crippen LogP contribution in [0.3, 0.4) is 0 Å². The van der Waals surface area contributed by atoms with Gasteiger partial charge in [-0.3, -0.25) is 14.7 Å². The van der Waals surface area contributed by atoms with Gasteiger partial charge in [-0.25, -0.2) is 0 Å². The lowest BCUT2D eigenvalue weighted by atomic mass is 9.95. The number of carbonyl (C=O) groups excluding carboxylic acids is 1. The van der Waals surface area contributed by atoms with Gasteiger partial charge in [-0.2, -0.15) is 0 Å². The Kier molecular flexibility index (Phi) is 9.28. The summed E-state index contributed by atoms with van der Waals surface area (Å²) < 4.78 is 0. The molecule has 1 amide bonds. The molecule has 0 aromatic heterocycles. The zero-order valence-electron chi connectivity index (χ0n) is 15.2. The zero-order chi connectivity index (χ0) is 16.8. The van der Waals surface area contributed by atoms with Gasteiger partial charge in [-0.05, 0) is 32.9 Å². The monoisotopic (exact) mass is 452 g/mol. The smallest absolute Gasteiger partial charge is 0.217 e. The number of nitrogens with two attached hydrogens (primary N) is 1. The first kappa shape index (κ1) is 21.4. The Balaban J connectivity index is 0.00000288. The summed E-state index contributed by atoms with van der Waals surface area (Å²) >= 11 is 0. The Morgan fingerprint density at radius 1 is 1.25 bits per heavy atom. The van der Waals surface area contributed by atoms with Crippen LogP contribution in [0.25, 0.3) is 0 Å². The second-order valence-electron chi connectivity index (χ2n) is 6.95. The van der Waals surface area contributed by atoms with E-state index in [0.717, 1.165) is 58.1 Å². The molecule has 2 aliphatic rings. The number of amides is 1. The number of aliphatic imine (C=N–C) groups is 1. The number of nitrogens with zero attached hydrogens (tertiary/aromatic N) is 4. The van der Waals surface area contributed by atoms with E-state index in [4.69, 9.17) is 5.73 Å². The van der Waals surface area contributed by atoms with Crippen LogP contribution in [0.2, 0.25) is 0 Å². The highest BCUT2D eigenvalue weighted by molar-refractivity contribution is 14.0. The van der Waals surface area contributed by atoms with E-state index in [1.165, 1.54) is 0 Å². The van der Waals surface area contributed by atoms with Gasteiger partial charge in [0.2, 0.25) is 5.91 Å². The molecule has 0 aliphatic carbocycles. The average molecular weight is 452 g/mol. The maximum atomic E-state index is 11.2. The number of piperazine rings is 1. The standard InChI is InChI=1S/C16H32N6O.HI/c1-18-16(19-10-14-12-20(2)7-8-21(14)3)22-6-4-5-13(11-22)9-15(17)23;/h13-14H,4-12H2,1-3H3,(H2,17,23)(H,18,19);1H. The van der Waals surface area contributed by atoms with E-state index >= 15 is 0 Å². The molecule has 0 bridgehead atoms. The molecular formula is C16H33IN6O. The first-order valence-corrected chi connectivity index (χ1v) is 8.62. The largest absolute Gasteiger partial charge is 0.370 e. The molecule has 2 unspecified atom stereocenters. The minimum absolute atomic E-state index is 0. The number of likely N-dealkylation sites (N-methyl/N-ethyl adjacent to an activating group) is 2. The maximum Gasteiger partial charge on any atom is 0.217 e. The summed E-state index contributed by atoms with van der Waals surface area (Å²) in [5.74, 6) is 1.09. The van der Waals surface area contributed by atoms with Crippen molar-refractivity contribution in [2.45, 2.75) is 25.3 Å². The lowest BCUT2D eigenvalue weighted by Crippen LogP contribution is -2.56. The molecule has 2 rings (SSSR count). The minimum atomic E-state index is -0.202. The van der Waals surface area contributed by atoms with Crippen LogP contribution in [-0.4, -0.2) is 93.0 Å².